The quantitative estimate of drug-likeness (QED) is 0.208. The highest BCUT2D eigenvalue weighted by molar-refractivity contribution is 5.95. The van der Waals surface area contributed by atoms with Gasteiger partial charge in [-0.25, -0.2) is 9.59 Å². The van der Waals surface area contributed by atoms with Crippen molar-refractivity contribution in [1.82, 2.24) is 25.8 Å². The van der Waals surface area contributed by atoms with Crippen LogP contribution in [0.3, 0.4) is 0 Å². The topological polar surface area (TPSA) is 219 Å². The lowest BCUT2D eigenvalue weighted by atomic mass is 9.92. The predicted molar refractivity (Wildman–Crippen MR) is 225 cm³/mol. The van der Waals surface area contributed by atoms with Gasteiger partial charge in [0.15, 0.2) is 6.10 Å². The van der Waals surface area contributed by atoms with Crippen molar-refractivity contribution in [2.75, 3.05) is 20.7 Å². The standard InChI is InChI=1S/C44H69N5O12/c1-13-26(6)35-33(50)23-34(51)60-37(25(4)5)39(53)45-30(21-24(2)3)40(54)49-20-14-15-31(49)41(55)48(11)32(22-28-16-18-29(58-12)19-17-28)42(56)59-27(7)36(38(52)46-35)47-43(57)61-44(8,9)10/h16-19,24-27,30-33,35-37,50H,13-15,20-23H2,1-12H3,(H,45,53)(H,46,52)(H,47,57)/t26-,27+,30-,31-,32-,33-,35+,36-,37-/m0/s1. The van der Waals surface area contributed by atoms with Gasteiger partial charge in [-0.1, -0.05) is 60.1 Å². The Hall–Kier alpha value is -4.93. The smallest absolute Gasteiger partial charge is 0.408 e. The van der Waals surface area contributed by atoms with Gasteiger partial charge < -0.3 is 49.8 Å². The van der Waals surface area contributed by atoms with Crippen molar-refractivity contribution in [3.63, 3.8) is 0 Å². The van der Waals surface area contributed by atoms with Crippen LogP contribution in [0.4, 0.5) is 4.79 Å². The molecule has 0 aliphatic carbocycles. The third-order valence-corrected chi connectivity index (χ3v) is 11.0. The van der Waals surface area contributed by atoms with E-state index in [0.29, 0.717) is 24.2 Å². The summed E-state index contributed by atoms with van der Waals surface area (Å²) >= 11 is 0. The van der Waals surface area contributed by atoms with Crippen LogP contribution >= 0.6 is 0 Å². The van der Waals surface area contributed by atoms with Crippen LogP contribution < -0.4 is 20.7 Å². The number of cyclic esters (lactones) is 2. The first-order valence-corrected chi connectivity index (χ1v) is 21.4. The van der Waals surface area contributed by atoms with Gasteiger partial charge in [-0.15, -0.1) is 0 Å². The van der Waals surface area contributed by atoms with E-state index in [1.54, 1.807) is 65.8 Å². The number of esters is 2. The number of nitrogens with zero attached hydrogens (tertiary/aromatic N) is 2. The number of aliphatic hydroxyl groups is 1. The summed E-state index contributed by atoms with van der Waals surface area (Å²) in [7, 11) is 2.96. The van der Waals surface area contributed by atoms with Crippen molar-refractivity contribution in [3.05, 3.63) is 29.8 Å². The molecule has 0 spiro atoms. The highest BCUT2D eigenvalue weighted by Crippen LogP contribution is 2.25. The first-order chi connectivity index (χ1) is 28.5. The number of benzene rings is 1. The summed E-state index contributed by atoms with van der Waals surface area (Å²) in [5, 5.41) is 19.5. The van der Waals surface area contributed by atoms with Crippen LogP contribution in [0.2, 0.25) is 0 Å². The van der Waals surface area contributed by atoms with Crippen molar-refractivity contribution >= 4 is 41.7 Å². The fourth-order valence-electron chi connectivity index (χ4n) is 7.45. The number of carbonyl (C=O) groups excluding carboxylic acids is 7. The predicted octanol–water partition coefficient (Wildman–Crippen LogP) is 3.27. The minimum atomic E-state index is -1.59. The van der Waals surface area contributed by atoms with Crippen LogP contribution in [0.15, 0.2) is 24.3 Å². The fourth-order valence-corrected chi connectivity index (χ4v) is 7.45. The number of methoxy groups -OCH3 is 1. The second-order valence-corrected chi connectivity index (χ2v) is 18.0. The van der Waals surface area contributed by atoms with E-state index in [0.717, 1.165) is 0 Å². The second kappa shape index (κ2) is 22.2. The number of likely N-dealkylation sites (N-methyl/N-ethyl adjacent to an activating group) is 1. The average molecular weight is 860 g/mol. The second-order valence-electron chi connectivity index (χ2n) is 18.0. The summed E-state index contributed by atoms with van der Waals surface area (Å²) in [6.07, 6.45) is -4.47. The molecule has 2 heterocycles. The van der Waals surface area contributed by atoms with Crippen molar-refractivity contribution in [2.24, 2.45) is 17.8 Å². The molecule has 1 aromatic carbocycles. The SMILES string of the molecule is CC[C@H](C)[C@H]1NC(=O)[C@@H](NC(=O)OC(C)(C)C)[C@@H](C)OC(=O)[C@H](Cc2ccc(OC)cc2)N(C)C(=O)[C@@H]2CCCN2C(=O)[C@H](CC(C)C)NC(=O)[C@H](C(C)C)OC(=O)C[C@@H]1O. The summed E-state index contributed by atoms with van der Waals surface area (Å²) in [6.45, 7) is 17.2. The van der Waals surface area contributed by atoms with E-state index in [1.165, 1.54) is 30.9 Å². The molecule has 2 aliphatic rings. The third-order valence-electron chi connectivity index (χ3n) is 11.0. The van der Waals surface area contributed by atoms with Gasteiger partial charge in [-0.3, -0.25) is 24.0 Å². The Morgan fingerprint density at radius 3 is 2.16 bits per heavy atom. The first-order valence-electron chi connectivity index (χ1n) is 21.4. The lowest BCUT2D eigenvalue weighted by molar-refractivity contribution is -0.162. The number of rotatable bonds is 9. The Balaban J connectivity index is 2.20. The van der Waals surface area contributed by atoms with Crippen LogP contribution in [0, 0.1) is 17.8 Å². The van der Waals surface area contributed by atoms with Gasteiger partial charge in [0.1, 0.15) is 41.6 Å². The third kappa shape index (κ3) is 14.3. The van der Waals surface area contributed by atoms with Gasteiger partial charge in [-0.2, -0.15) is 0 Å². The number of ether oxygens (including phenoxy) is 4. The molecule has 0 saturated carbocycles. The number of hydrogen-bond acceptors (Lipinski definition) is 12. The van der Waals surface area contributed by atoms with Gasteiger partial charge in [0, 0.05) is 20.0 Å². The Bertz CT molecular complexity index is 1700. The number of amides is 5. The van der Waals surface area contributed by atoms with Gasteiger partial charge >= 0.3 is 18.0 Å². The maximum atomic E-state index is 14.5. The van der Waals surface area contributed by atoms with E-state index in [-0.39, 0.29) is 31.7 Å². The summed E-state index contributed by atoms with van der Waals surface area (Å²) in [5.41, 5.74) is -0.327. The summed E-state index contributed by atoms with van der Waals surface area (Å²) in [5.74, 6) is -4.93. The van der Waals surface area contributed by atoms with Crippen LogP contribution in [0.25, 0.3) is 0 Å². The van der Waals surface area contributed by atoms with Gasteiger partial charge in [-0.05, 0) is 82.4 Å². The molecule has 2 aliphatic heterocycles. The largest absolute Gasteiger partial charge is 0.497 e. The highest BCUT2D eigenvalue weighted by Gasteiger charge is 2.44. The van der Waals surface area contributed by atoms with Crippen LogP contribution in [-0.2, 0) is 49.4 Å². The lowest BCUT2D eigenvalue weighted by Crippen LogP contribution is -2.59. The maximum absolute atomic E-state index is 14.5. The summed E-state index contributed by atoms with van der Waals surface area (Å²) in [6, 6.07) is 0.856. The molecular formula is C44H69N5O12. The van der Waals surface area contributed by atoms with Gasteiger partial charge in [0.25, 0.3) is 5.91 Å². The molecule has 0 aromatic heterocycles. The van der Waals surface area contributed by atoms with Crippen LogP contribution in [0.5, 0.6) is 5.75 Å². The number of nitrogens with one attached hydrogen (secondary N) is 3. The molecule has 0 unspecified atom stereocenters. The van der Waals surface area contributed by atoms with E-state index in [1.807, 2.05) is 20.8 Å². The monoisotopic (exact) mass is 859 g/mol. The molecule has 17 nitrogen and oxygen atoms in total. The first kappa shape index (κ1) is 50.4. The molecule has 1 aromatic rings. The average Bonchev–Trinajstić information content (AvgIpc) is 3.67. The molecule has 5 amide bonds. The molecule has 9 atom stereocenters. The molecule has 342 valence electrons. The zero-order valence-electron chi connectivity index (χ0n) is 37.9. The zero-order chi connectivity index (χ0) is 45.9. The van der Waals surface area contributed by atoms with E-state index in [4.69, 9.17) is 18.9 Å². The molecule has 2 fully saturated rings. The molecule has 61 heavy (non-hydrogen) atoms. The van der Waals surface area contributed by atoms with E-state index in [2.05, 4.69) is 16.0 Å². The fraction of sp³-hybridized carbons (Fsp3) is 0.705. The Morgan fingerprint density at radius 1 is 0.967 bits per heavy atom. The van der Waals surface area contributed by atoms with Crippen molar-refractivity contribution in [1.29, 1.82) is 0 Å². The molecule has 0 bridgehead atoms. The zero-order valence-corrected chi connectivity index (χ0v) is 37.9. The molecule has 4 N–H and O–H groups in total. The van der Waals surface area contributed by atoms with Crippen molar-refractivity contribution < 1.29 is 57.6 Å². The Labute approximate surface area is 360 Å². The maximum Gasteiger partial charge on any atom is 0.408 e. The summed E-state index contributed by atoms with van der Waals surface area (Å²) in [4.78, 5) is 101. The molecule has 17 heteroatoms. The number of fused-ring (bicyclic) bond motifs is 1. The molecular weight excluding hydrogens is 791 g/mol. The highest BCUT2D eigenvalue weighted by atomic mass is 16.6. The molecule has 2 saturated heterocycles. The lowest BCUT2D eigenvalue weighted by Gasteiger charge is -2.35. The summed E-state index contributed by atoms with van der Waals surface area (Å²) < 4.78 is 22.4. The minimum Gasteiger partial charge on any atom is -0.497 e. The van der Waals surface area contributed by atoms with E-state index in [9.17, 15) is 38.7 Å². The van der Waals surface area contributed by atoms with E-state index >= 15 is 0 Å². The Morgan fingerprint density at radius 2 is 1.61 bits per heavy atom. The number of carbonyl (C=O) groups is 7. The van der Waals surface area contributed by atoms with Crippen molar-refractivity contribution in [3.8, 4) is 5.75 Å². The van der Waals surface area contributed by atoms with Crippen molar-refractivity contribution in [2.45, 2.75) is 162 Å². The normalized spacial score (nSPS) is 27.3. The van der Waals surface area contributed by atoms with Gasteiger partial charge in [0.05, 0.1) is 25.7 Å². The molecule has 0 radical (unpaired) electrons. The van der Waals surface area contributed by atoms with Crippen LogP contribution in [-0.4, -0.2) is 131 Å². The van der Waals surface area contributed by atoms with Crippen LogP contribution in [0.1, 0.15) is 107 Å². The number of aliphatic hydroxyl groups excluding tert-OH is 1. The minimum absolute atomic E-state index is 0.0340. The number of alkyl carbamates (subject to hydrolysis) is 1. The van der Waals surface area contributed by atoms with Gasteiger partial charge in [0.2, 0.25) is 17.7 Å². The Kier molecular flexibility index (Phi) is 18.4. The van der Waals surface area contributed by atoms with E-state index < -0.39 is 114 Å². The number of hydrogen-bond donors (Lipinski definition) is 4. The molecule has 3 rings (SSSR count).